The van der Waals surface area contributed by atoms with E-state index >= 15 is 0 Å². The van der Waals surface area contributed by atoms with Crippen LogP contribution in [0.3, 0.4) is 0 Å². The second-order valence-corrected chi connectivity index (χ2v) is 6.03. The van der Waals surface area contributed by atoms with Gasteiger partial charge in [-0.3, -0.25) is 4.79 Å². The van der Waals surface area contributed by atoms with E-state index in [4.69, 9.17) is 0 Å². The summed E-state index contributed by atoms with van der Waals surface area (Å²) in [6.07, 6.45) is 0. The van der Waals surface area contributed by atoms with Crippen LogP contribution in [-0.4, -0.2) is 31.4 Å². The number of hydrogen-bond donors (Lipinski definition) is 1. The van der Waals surface area contributed by atoms with Gasteiger partial charge in [-0.25, -0.2) is 0 Å². The van der Waals surface area contributed by atoms with Crippen molar-refractivity contribution >= 4 is 33.2 Å². The lowest BCUT2D eigenvalue weighted by Crippen LogP contribution is -2.34. The van der Waals surface area contributed by atoms with Gasteiger partial charge in [-0.05, 0) is 35.0 Å². The van der Waals surface area contributed by atoms with Crippen LogP contribution < -0.4 is 5.32 Å². The summed E-state index contributed by atoms with van der Waals surface area (Å²) in [7, 11) is 3.52. The topological polar surface area (TPSA) is 32.3 Å². The standard InChI is InChI=1S/C10H15BrN2OS/c1-7(8-4-5-9(11)15-8)12-6-10(14)13(2)3/h4-5,7,12H,6H2,1-3H3/t7-/m1/s1. The van der Waals surface area contributed by atoms with E-state index in [9.17, 15) is 4.79 Å². The van der Waals surface area contributed by atoms with Gasteiger partial charge in [0.05, 0.1) is 10.3 Å². The van der Waals surface area contributed by atoms with E-state index in [2.05, 4.69) is 34.2 Å². The van der Waals surface area contributed by atoms with Crippen molar-refractivity contribution in [2.24, 2.45) is 0 Å². The SMILES string of the molecule is C[C@@H](NCC(=O)N(C)C)c1ccc(Br)s1. The maximum absolute atomic E-state index is 11.3. The summed E-state index contributed by atoms with van der Waals surface area (Å²) in [5.74, 6) is 0.0949. The first kappa shape index (κ1) is 12.7. The molecule has 5 heteroatoms. The summed E-state index contributed by atoms with van der Waals surface area (Å²) in [5.41, 5.74) is 0. The zero-order chi connectivity index (χ0) is 11.4. The quantitative estimate of drug-likeness (QED) is 0.923. The molecule has 1 rings (SSSR count). The van der Waals surface area contributed by atoms with Gasteiger partial charge in [-0.1, -0.05) is 0 Å². The lowest BCUT2D eigenvalue weighted by atomic mass is 10.3. The maximum Gasteiger partial charge on any atom is 0.236 e. The number of likely N-dealkylation sites (N-methyl/N-ethyl adjacent to an activating group) is 1. The summed E-state index contributed by atoms with van der Waals surface area (Å²) >= 11 is 5.10. The van der Waals surface area contributed by atoms with Crippen molar-refractivity contribution in [3.05, 3.63) is 20.8 Å². The Morgan fingerprint density at radius 2 is 2.27 bits per heavy atom. The molecule has 1 N–H and O–H groups in total. The Balaban J connectivity index is 2.43. The number of nitrogens with zero attached hydrogens (tertiary/aromatic N) is 1. The fraction of sp³-hybridized carbons (Fsp3) is 0.500. The zero-order valence-corrected chi connectivity index (χ0v) is 11.5. The van der Waals surface area contributed by atoms with Crippen LogP contribution in [0.25, 0.3) is 0 Å². The molecule has 1 atom stereocenters. The Labute approximate surface area is 103 Å². The number of thiophene rings is 1. The van der Waals surface area contributed by atoms with Crippen LogP contribution in [0.5, 0.6) is 0 Å². The van der Waals surface area contributed by atoms with E-state index < -0.39 is 0 Å². The van der Waals surface area contributed by atoms with Gasteiger partial charge in [0.15, 0.2) is 0 Å². The van der Waals surface area contributed by atoms with Crippen LogP contribution in [0.1, 0.15) is 17.8 Å². The Kier molecular flexibility index (Phi) is 4.76. The highest BCUT2D eigenvalue weighted by Gasteiger charge is 2.10. The molecule has 0 saturated heterocycles. The third-order valence-electron chi connectivity index (χ3n) is 2.08. The summed E-state index contributed by atoms with van der Waals surface area (Å²) in [4.78, 5) is 14.2. The van der Waals surface area contributed by atoms with Crippen LogP contribution in [0, 0.1) is 0 Å². The smallest absolute Gasteiger partial charge is 0.236 e. The first-order valence-corrected chi connectivity index (χ1v) is 6.30. The summed E-state index contributed by atoms with van der Waals surface area (Å²) in [5, 5.41) is 3.19. The fourth-order valence-corrected chi connectivity index (χ4v) is 2.51. The molecule has 1 aromatic rings. The molecule has 1 heterocycles. The van der Waals surface area contributed by atoms with Crippen molar-refractivity contribution in [3.8, 4) is 0 Å². The average Bonchev–Trinajstić information content (AvgIpc) is 2.60. The predicted octanol–water partition coefficient (Wildman–Crippen LogP) is 2.25. The third kappa shape index (κ3) is 3.93. The van der Waals surface area contributed by atoms with Gasteiger partial charge in [-0.15, -0.1) is 11.3 Å². The summed E-state index contributed by atoms with van der Waals surface area (Å²) in [6, 6.07) is 4.29. The molecule has 0 aliphatic rings. The van der Waals surface area contributed by atoms with Crippen LogP contribution >= 0.6 is 27.3 Å². The van der Waals surface area contributed by atoms with Gasteiger partial charge in [-0.2, -0.15) is 0 Å². The molecule has 0 aliphatic heterocycles. The second-order valence-electron chi connectivity index (χ2n) is 3.53. The Morgan fingerprint density at radius 1 is 1.60 bits per heavy atom. The molecule has 15 heavy (non-hydrogen) atoms. The molecule has 0 saturated carbocycles. The number of rotatable bonds is 4. The van der Waals surface area contributed by atoms with Crippen molar-refractivity contribution in [3.63, 3.8) is 0 Å². The number of amides is 1. The van der Waals surface area contributed by atoms with E-state index in [1.807, 2.05) is 6.07 Å². The second kappa shape index (κ2) is 5.63. The van der Waals surface area contributed by atoms with Gasteiger partial charge >= 0.3 is 0 Å². The molecule has 0 bridgehead atoms. The maximum atomic E-state index is 11.3. The molecule has 0 aliphatic carbocycles. The van der Waals surface area contributed by atoms with E-state index in [1.165, 1.54) is 4.88 Å². The molecule has 0 aromatic carbocycles. The number of halogens is 1. The first-order valence-electron chi connectivity index (χ1n) is 4.69. The fourth-order valence-electron chi connectivity index (χ4n) is 1.06. The van der Waals surface area contributed by atoms with Crippen molar-refractivity contribution < 1.29 is 4.79 Å². The summed E-state index contributed by atoms with van der Waals surface area (Å²) < 4.78 is 1.12. The lowest BCUT2D eigenvalue weighted by Gasteiger charge is -2.14. The Morgan fingerprint density at radius 3 is 2.73 bits per heavy atom. The lowest BCUT2D eigenvalue weighted by molar-refractivity contribution is -0.127. The number of carbonyl (C=O) groups excluding carboxylic acids is 1. The van der Waals surface area contributed by atoms with Crippen molar-refractivity contribution in [2.45, 2.75) is 13.0 Å². The van der Waals surface area contributed by atoms with Gasteiger partial charge in [0.25, 0.3) is 0 Å². The predicted molar refractivity (Wildman–Crippen MR) is 67.1 cm³/mol. The molecule has 1 amide bonds. The minimum absolute atomic E-state index is 0.0949. The van der Waals surface area contributed by atoms with E-state index in [0.717, 1.165) is 3.79 Å². The Hall–Kier alpha value is -0.390. The van der Waals surface area contributed by atoms with Gasteiger partial charge in [0, 0.05) is 25.0 Å². The first-order chi connectivity index (χ1) is 7.00. The largest absolute Gasteiger partial charge is 0.348 e. The monoisotopic (exact) mass is 290 g/mol. The highest BCUT2D eigenvalue weighted by Crippen LogP contribution is 2.26. The summed E-state index contributed by atoms with van der Waals surface area (Å²) in [6.45, 7) is 2.44. The van der Waals surface area contributed by atoms with Crippen LogP contribution in [0.4, 0.5) is 0 Å². The van der Waals surface area contributed by atoms with Crippen molar-refractivity contribution in [1.29, 1.82) is 0 Å². The van der Waals surface area contributed by atoms with Gasteiger partial charge < -0.3 is 10.2 Å². The molecule has 84 valence electrons. The normalized spacial score (nSPS) is 12.5. The number of hydrogen-bond acceptors (Lipinski definition) is 3. The van der Waals surface area contributed by atoms with Gasteiger partial charge in [0.2, 0.25) is 5.91 Å². The minimum Gasteiger partial charge on any atom is -0.348 e. The van der Waals surface area contributed by atoms with Gasteiger partial charge in [0.1, 0.15) is 0 Å². The van der Waals surface area contributed by atoms with Crippen LogP contribution in [0.2, 0.25) is 0 Å². The Bertz CT molecular complexity index is 338. The van der Waals surface area contributed by atoms with Crippen LogP contribution in [-0.2, 0) is 4.79 Å². The van der Waals surface area contributed by atoms with Crippen molar-refractivity contribution in [2.75, 3.05) is 20.6 Å². The molecule has 1 aromatic heterocycles. The average molecular weight is 291 g/mol. The minimum atomic E-state index is 0.0949. The highest BCUT2D eigenvalue weighted by molar-refractivity contribution is 9.11. The van der Waals surface area contributed by atoms with E-state index in [1.54, 1.807) is 30.3 Å². The molecule has 0 unspecified atom stereocenters. The highest BCUT2D eigenvalue weighted by atomic mass is 79.9. The molecule has 3 nitrogen and oxygen atoms in total. The third-order valence-corrected chi connectivity index (χ3v) is 3.89. The zero-order valence-electron chi connectivity index (χ0n) is 9.08. The molecular formula is C10H15BrN2OS. The van der Waals surface area contributed by atoms with Crippen molar-refractivity contribution in [1.82, 2.24) is 10.2 Å². The molecule has 0 spiro atoms. The van der Waals surface area contributed by atoms with E-state index in [-0.39, 0.29) is 11.9 Å². The van der Waals surface area contributed by atoms with Crippen LogP contribution in [0.15, 0.2) is 15.9 Å². The molecule has 0 fully saturated rings. The number of carbonyl (C=O) groups is 1. The number of nitrogens with one attached hydrogen (secondary N) is 1. The molecule has 0 radical (unpaired) electrons. The molecular weight excluding hydrogens is 276 g/mol. The van der Waals surface area contributed by atoms with E-state index in [0.29, 0.717) is 6.54 Å².